The summed E-state index contributed by atoms with van der Waals surface area (Å²) in [5, 5.41) is 13.5. The van der Waals surface area contributed by atoms with Gasteiger partial charge in [-0.3, -0.25) is 9.59 Å². The van der Waals surface area contributed by atoms with E-state index >= 15 is 0 Å². The first-order valence-corrected chi connectivity index (χ1v) is 10.6. The van der Waals surface area contributed by atoms with Crippen molar-refractivity contribution in [2.45, 2.75) is 34.2 Å². The molecule has 0 aliphatic carbocycles. The van der Waals surface area contributed by atoms with Gasteiger partial charge in [-0.15, -0.1) is 0 Å². The minimum absolute atomic E-state index is 0.0502. The molecular formula is C25H24N4O6. The Morgan fingerprint density at radius 3 is 2.06 bits per heavy atom. The van der Waals surface area contributed by atoms with Crippen molar-refractivity contribution in [1.82, 2.24) is 14.3 Å². The Morgan fingerprint density at radius 1 is 0.971 bits per heavy atom. The molecule has 0 saturated heterocycles. The highest BCUT2D eigenvalue weighted by molar-refractivity contribution is 5.98. The van der Waals surface area contributed by atoms with Crippen LogP contribution < -0.4 is 5.56 Å². The van der Waals surface area contributed by atoms with E-state index < -0.39 is 17.5 Å². The largest absolute Gasteiger partial charge is 0.465 e. The molecule has 0 bridgehead atoms. The Hall–Kier alpha value is -4.52. The zero-order chi connectivity index (χ0) is 26.0. The molecule has 10 heteroatoms. The predicted molar refractivity (Wildman–Crippen MR) is 125 cm³/mol. The molecule has 0 aliphatic heterocycles. The lowest BCUT2D eigenvalue weighted by Gasteiger charge is -2.13. The van der Waals surface area contributed by atoms with Crippen molar-refractivity contribution in [3.63, 3.8) is 0 Å². The number of Topliss-reactive ketones (excluding diaryl/α,β-unsaturated/α-hetero) is 1. The average molecular weight is 476 g/mol. The topological polar surface area (TPSA) is 133 Å². The number of aryl methyl sites for hydroxylation is 2. The van der Waals surface area contributed by atoms with Gasteiger partial charge in [0.2, 0.25) is 0 Å². The van der Waals surface area contributed by atoms with Crippen LogP contribution in [-0.2, 0) is 16.0 Å². The average Bonchev–Trinajstić information content (AvgIpc) is 3.15. The Labute approximate surface area is 201 Å². The molecule has 3 rings (SSSR count). The van der Waals surface area contributed by atoms with Crippen LogP contribution in [0.15, 0.2) is 29.1 Å². The fourth-order valence-corrected chi connectivity index (χ4v) is 3.89. The number of carbonyl (C=O) groups is 3. The number of hydrogen-bond donors (Lipinski definition) is 0. The van der Waals surface area contributed by atoms with Gasteiger partial charge >= 0.3 is 11.9 Å². The van der Waals surface area contributed by atoms with E-state index in [0.717, 1.165) is 4.68 Å². The van der Waals surface area contributed by atoms with E-state index in [4.69, 9.17) is 9.47 Å². The normalized spacial score (nSPS) is 10.5. The fourth-order valence-electron chi connectivity index (χ4n) is 3.89. The summed E-state index contributed by atoms with van der Waals surface area (Å²) in [6.45, 7) is 6.41. The highest BCUT2D eigenvalue weighted by Gasteiger charge is 2.22. The van der Waals surface area contributed by atoms with Crippen molar-refractivity contribution in [2.24, 2.45) is 0 Å². The standard InChI is InChI=1S/C25H24N4O6/c1-13-7-20(22(30)12-28-23(31)21(11-26)14(2)15(3)27-28)16(4)29(13)19-9-17(24(32)34-5)8-18(10-19)25(33)35-6/h7-10H,12H2,1-6H3. The summed E-state index contributed by atoms with van der Waals surface area (Å²) in [5.74, 6) is -1.66. The van der Waals surface area contributed by atoms with E-state index in [1.54, 1.807) is 50.5 Å². The first-order chi connectivity index (χ1) is 16.5. The van der Waals surface area contributed by atoms with Gasteiger partial charge in [-0.25, -0.2) is 14.3 Å². The molecule has 10 nitrogen and oxygen atoms in total. The maximum Gasteiger partial charge on any atom is 0.337 e. The molecule has 0 N–H and O–H groups in total. The number of hydrogen-bond acceptors (Lipinski definition) is 8. The molecule has 0 atom stereocenters. The number of ketones is 1. The smallest absolute Gasteiger partial charge is 0.337 e. The van der Waals surface area contributed by atoms with Gasteiger partial charge in [0.05, 0.1) is 31.0 Å². The third-order valence-electron chi connectivity index (χ3n) is 5.79. The zero-order valence-corrected chi connectivity index (χ0v) is 20.3. The second-order valence-corrected chi connectivity index (χ2v) is 7.96. The lowest BCUT2D eigenvalue weighted by molar-refractivity contribution is 0.0598. The summed E-state index contributed by atoms with van der Waals surface area (Å²) >= 11 is 0. The monoisotopic (exact) mass is 476 g/mol. The third kappa shape index (κ3) is 4.61. The summed E-state index contributed by atoms with van der Waals surface area (Å²) in [7, 11) is 2.46. The van der Waals surface area contributed by atoms with Crippen LogP contribution in [0, 0.1) is 39.0 Å². The molecule has 0 radical (unpaired) electrons. The molecule has 0 spiro atoms. The zero-order valence-electron chi connectivity index (χ0n) is 20.3. The van der Waals surface area contributed by atoms with Crippen LogP contribution in [-0.4, -0.2) is 46.3 Å². The molecule has 2 heterocycles. The van der Waals surface area contributed by atoms with Crippen LogP contribution in [0.2, 0.25) is 0 Å². The molecule has 2 aromatic heterocycles. The molecule has 0 unspecified atom stereocenters. The van der Waals surface area contributed by atoms with Crippen molar-refractivity contribution in [2.75, 3.05) is 14.2 Å². The number of methoxy groups -OCH3 is 2. The molecule has 0 saturated carbocycles. The van der Waals surface area contributed by atoms with Gasteiger partial charge < -0.3 is 14.0 Å². The van der Waals surface area contributed by atoms with E-state index in [1.165, 1.54) is 20.3 Å². The summed E-state index contributed by atoms with van der Waals surface area (Å²) < 4.78 is 12.3. The first-order valence-electron chi connectivity index (χ1n) is 10.6. The van der Waals surface area contributed by atoms with Gasteiger partial charge in [0.1, 0.15) is 18.2 Å². The fraction of sp³-hybridized carbons (Fsp3) is 0.280. The van der Waals surface area contributed by atoms with Crippen LogP contribution in [0.5, 0.6) is 0 Å². The Morgan fingerprint density at radius 2 is 1.54 bits per heavy atom. The lowest BCUT2D eigenvalue weighted by Crippen LogP contribution is -2.30. The van der Waals surface area contributed by atoms with E-state index in [0.29, 0.717) is 33.9 Å². The number of carbonyl (C=O) groups excluding carboxylic acids is 3. The second kappa shape index (κ2) is 9.77. The van der Waals surface area contributed by atoms with E-state index in [-0.39, 0.29) is 29.0 Å². The van der Waals surface area contributed by atoms with E-state index in [1.807, 2.05) is 6.07 Å². The minimum atomic E-state index is -0.635. The van der Waals surface area contributed by atoms with E-state index in [2.05, 4.69) is 5.10 Å². The number of nitrogens with zero attached hydrogens (tertiary/aromatic N) is 4. The molecule has 35 heavy (non-hydrogen) atoms. The first kappa shape index (κ1) is 25.1. The quantitative estimate of drug-likeness (QED) is 0.392. The van der Waals surface area contributed by atoms with Crippen LogP contribution in [0.3, 0.4) is 0 Å². The Kier molecular flexibility index (Phi) is 7.01. The molecule has 0 aliphatic rings. The Balaban J connectivity index is 2.10. The van der Waals surface area contributed by atoms with Crippen molar-refractivity contribution < 1.29 is 23.9 Å². The number of nitriles is 1. The van der Waals surface area contributed by atoms with Gasteiger partial charge in [0.15, 0.2) is 5.78 Å². The van der Waals surface area contributed by atoms with Gasteiger partial charge in [-0.05, 0) is 57.5 Å². The molecule has 180 valence electrons. The van der Waals surface area contributed by atoms with Gasteiger partial charge in [-0.2, -0.15) is 10.4 Å². The minimum Gasteiger partial charge on any atom is -0.465 e. The van der Waals surface area contributed by atoms with Crippen molar-refractivity contribution in [3.05, 3.63) is 79.5 Å². The van der Waals surface area contributed by atoms with Gasteiger partial charge in [-0.1, -0.05) is 0 Å². The number of esters is 2. The Bertz CT molecular complexity index is 1440. The molecule has 1 aromatic carbocycles. The van der Waals surface area contributed by atoms with Crippen LogP contribution in [0.25, 0.3) is 5.69 Å². The van der Waals surface area contributed by atoms with Crippen LogP contribution in [0.4, 0.5) is 0 Å². The third-order valence-corrected chi connectivity index (χ3v) is 5.79. The number of benzene rings is 1. The summed E-state index contributed by atoms with van der Waals surface area (Å²) in [5.41, 5.74) is 2.52. The van der Waals surface area contributed by atoms with Crippen molar-refractivity contribution >= 4 is 17.7 Å². The van der Waals surface area contributed by atoms with E-state index in [9.17, 15) is 24.4 Å². The van der Waals surface area contributed by atoms with Crippen LogP contribution >= 0.6 is 0 Å². The molecule has 0 fully saturated rings. The number of aromatic nitrogens is 3. The maximum absolute atomic E-state index is 13.2. The lowest BCUT2D eigenvalue weighted by atomic mass is 10.1. The van der Waals surface area contributed by atoms with Gasteiger partial charge in [0.25, 0.3) is 5.56 Å². The maximum atomic E-state index is 13.2. The van der Waals surface area contributed by atoms with Gasteiger partial charge in [0, 0.05) is 22.6 Å². The highest BCUT2D eigenvalue weighted by Crippen LogP contribution is 2.24. The number of rotatable bonds is 6. The summed E-state index contributed by atoms with van der Waals surface area (Å²) in [6.07, 6.45) is 0. The SMILES string of the molecule is COC(=O)c1cc(C(=O)OC)cc(-n2c(C)cc(C(=O)Cn3nc(C)c(C)c(C#N)c3=O)c2C)c1. The second-order valence-electron chi connectivity index (χ2n) is 7.96. The predicted octanol–water partition coefficient (Wildman–Crippen LogP) is 2.60. The van der Waals surface area contributed by atoms with Crippen molar-refractivity contribution in [3.8, 4) is 11.8 Å². The molecule has 0 amide bonds. The summed E-state index contributed by atoms with van der Waals surface area (Å²) in [4.78, 5) is 50.2. The molecule has 3 aromatic rings. The molecular weight excluding hydrogens is 452 g/mol. The number of ether oxygens (including phenoxy) is 2. The summed E-state index contributed by atoms with van der Waals surface area (Å²) in [6, 6.07) is 7.98. The highest BCUT2D eigenvalue weighted by atomic mass is 16.5. The van der Waals surface area contributed by atoms with Crippen LogP contribution in [0.1, 0.15) is 59.3 Å². The van der Waals surface area contributed by atoms with Crippen molar-refractivity contribution in [1.29, 1.82) is 5.26 Å².